The summed E-state index contributed by atoms with van der Waals surface area (Å²) in [5.74, 6) is 0.630. The molecule has 0 bridgehead atoms. The van der Waals surface area contributed by atoms with E-state index in [2.05, 4.69) is 15.3 Å². The van der Waals surface area contributed by atoms with Gasteiger partial charge in [0.2, 0.25) is 0 Å². The maximum absolute atomic E-state index is 6.04. The van der Waals surface area contributed by atoms with Gasteiger partial charge < -0.3 is 11.1 Å². The molecule has 0 aromatic carbocycles. The van der Waals surface area contributed by atoms with Gasteiger partial charge in [0, 0.05) is 12.4 Å². The maximum atomic E-state index is 6.04. The summed E-state index contributed by atoms with van der Waals surface area (Å²) in [5, 5.41) is 3.75. The lowest BCUT2D eigenvalue weighted by atomic mass is 10.1. The third kappa shape index (κ3) is 2.85. The van der Waals surface area contributed by atoms with Gasteiger partial charge in [0.25, 0.3) is 0 Å². The third-order valence-corrected chi connectivity index (χ3v) is 2.71. The van der Waals surface area contributed by atoms with Crippen LogP contribution in [-0.2, 0) is 0 Å². The first kappa shape index (κ1) is 11.7. The van der Waals surface area contributed by atoms with Crippen LogP contribution in [0, 0.1) is 0 Å². The van der Waals surface area contributed by atoms with Crippen LogP contribution >= 0.6 is 11.6 Å². The molecule has 0 saturated heterocycles. The van der Waals surface area contributed by atoms with E-state index in [0.29, 0.717) is 16.5 Å². The molecule has 0 radical (unpaired) electrons. The third-order valence-electron chi connectivity index (χ3n) is 2.42. The highest BCUT2D eigenvalue weighted by molar-refractivity contribution is 6.33. The van der Waals surface area contributed by atoms with Gasteiger partial charge in [0.15, 0.2) is 0 Å². The highest BCUT2D eigenvalue weighted by Crippen LogP contribution is 2.25. The van der Waals surface area contributed by atoms with Gasteiger partial charge in [-0.05, 0) is 30.7 Å². The molecular weight excluding hydrogens is 236 g/mol. The van der Waals surface area contributed by atoms with Gasteiger partial charge in [-0.1, -0.05) is 11.6 Å². The van der Waals surface area contributed by atoms with E-state index >= 15 is 0 Å². The number of hydrogen-bond acceptors (Lipinski definition) is 4. The highest BCUT2D eigenvalue weighted by atomic mass is 35.5. The fourth-order valence-electron chi connectivity index (χ4n) is 1.50. The molecule has 0 amide bonds. The minimum Gasteiger partial charge on any atom is -0.397 e. The van der Waals surface area contributed by atoms with Crippen LogP contribution in [0.4, 0.5) is 11.5 Å². The lowest BCUT2D eigenvalue weighted by Gasteiger charge is -2.15. The van der Waals surface area contributed by atoms with Gasteiger partial charge in [-0.2, -0.15) is 0 Å². The average molecular weight is 249 g/mol. The van der Waals surface area contributed by atoms with Crippen molar-refractivity contribution >= 4 is 23.1 Å². The molecule has 3 N–H and O–H groups in total. The summed E-state index contributed by atoms with van der Waals surface area (Å²) in [6.45, 7) is 2.03. The molecule has 1 atom stereocenters. The molecule has 1 unspecified atom stereocenters. The molecule has 2 aromatic rings. The Hall–Kier alpha value is -1.81. The summed E-state index contributed by atoms with van der Waals surface area (Å²) < 4.78 is 0. The van der Waals surface area contributed by atoms with Crippen LogP contribution in [0.5, 0.6) is 0 Å². The lowest BCUT2D eigenvalue weighted by molar-refractivity contribution is 0.871. The number of halogens is 1. The normalized spacial score (nSPS) is 12.1. The SMILES string of the molecule is CC(Nc1ncc(N)cc1Cl)c1ccncc1. The van der Waals surface area contributed by atoms with Crippen LogP contribution in [0.1, 0.15) is 18.5 Å². The molecule has 17 heavy (non-hydrogen) atoms. The zero-order valence-electron chi connectivity index (χ0n) is 9.39. The summed E-state index contributed by atoms with van der Waals surface area (Å²) in [4.78, 5) is 8.14. The topological polar surface area (TPSA) is 63.8 Å². The summed E-state index contributed by atoms with van der Waals surface area (Å²) in [6.07, 6.45) is 5.09. The Balaban J connectivity index is 2.16. The molecular formula is C12H13ClN4. The zero-order valence-corrected chi connectivity index (χ0v) is 10.1. The van der Waals surface area contributed by atoms with Crippen LogP contribution in [0.2, 0.25) is 5.02 Å². The Morgan fingerprint density at radius 3 is 2.71 bits per heavy atom. The van der Waals surface area contributed by atoms with Gasteiger partial charge in [0.1, 0.15) is 5.82 Å². The summed E-state index contributed by atoms with van der Waals surface area (Å²) in [6, 6.07) is 5.67. The fourth-order valence-corrected chi connectivity index (χ4v) is 1.73. The van der Waals surface area contributed by atoms with E-state index in [1.807, 2.05) is 19.1 Å². The number of nitrogens with zero attached hydrogens (tertiary/aromatic N) is 2. The van der Waals surface area contributed by atoms with Gasteiger partial charge in [0.05, 0.1) is 22.9 Å². The van der Waals surface area contributed by atoms with E-state index in [1.54, 1.807) is 24.7 Å². The lowest BCUT2D eigenvalue weighted by Crippen LogP contribution is -2.08. The van der Waals surface area contributed by atoms with Crippen molar-refractivity contribution in [2.75, 3.05) is 11.1 Å². The molecule has 0 aliphatic carbocycles. The summed E-state index contributed by atoms with van der Waals surface area (Å²) in [5.41, 5.74) is 7.26. The first-order chi connectivity index (χ1) is 8.16. The molecule has 4 nitrogen and oxygen atoms in total. The minimum absolute atomic E-state index is 0.103. The molecule has 2 rings (SSSR count). The Labute approximate surface area is 105 Å². The Kier molecular flexibility index (Phi) is 3.44. The van der Waals surface area contributed by atoms with Crippen molar-refractivity contribution in [2.24, 2.45) is 0 Å². The Morgan fingerprint density at radius 2 is 2.06 bits per heavy atom. The van der Waals surface area contributed by atoms with Crippen LogP contribution < -0.4 is 11.1 Å². The molecule has 2 heterocycles. The van der Waals surface area contributed by atoms with E-state index in [0.717, 1.165) is 5.56 Å². The van der Waals surface area contributed by atoms with Crippen LogP contribution in [-0.4, -0.2) is 9.97 Å². The van der Waals surface area contributed by atoms with Gasteiger partial charge >= 0.3 is 0 Å². The fraction of sp³-hybridized carbons (Fsp3) is 0.167. The number of anilines is 2. The quantitative estimate of drug-likeness (QED) is 0.877. The van der Waals surface area contributed by atoms with Crippen LogP contribution in [0.3, 0.4) is 0 Å². The second-order valence-corrected chi connectivity index (χ2v) is 4.15. The predicted molar refractivity (Wildman–Crippen MR) is 69.9 cm³/mol. The molecule has 0 aliphatic rings. The zero-order chi connectivity index (χ0) is 12.3. The van der Waals surface area contributed by atoms with Crippen molar-refractivity contribution in [3.63, 3.8) is 0 Å². The predicted octanol–water partition coefficient (Wildman–Crippen LogP) is 2.89. The van der Waals surface area contributed by atoms with E-state index in [1.165, 1.54) is 0 Å². The number of nitrogen functional groups attached to an aromatic ring is 1. The van der Waals surface area contributed by atoms with Gasteiger partial charge in [-0.3, -0.25) is 4.98 Å². The van der Waals surface area contributed by atoms with Crippen molar-refractivity contribution in [1.82, 2.24) is 9.97 Å². The standard InChI is InChI=1S/C12H13ClN4/c1-8(9-2-4-15-5-3-9)17-12-11(13)6-10(14)7-16-12/h2-8H,14H2,1H3,(H,16,17). The highest BCUT2D eigenvalue weighted by Gasteiger charge is 2.08. The van der Waals surface area contributed by atoms with Crippen LogP contribution in [0.25, 0.3) is 0 Å². The first-order valence-electron chi connectivity index (χ1n) is 5.24. The number of hydrogen-bond donors (Lipinski definition) is 2. The molecule has 0 saturated carbocycles. The number of aromatic nitrogens is 2. The van der Waals surface area contributed by atoms with Crippen molar-refractivity contribution < 1.29 is 0 Å². The van der Waals surface area contributed by atoms with Crippen molar-refractivity contribution in [2.45, 2.75) is 13.0 Å². The minimum atomic E-state index is 0.103. The maximum Gasteiger partial charge on any atom is 0.145 e. The Morgan fingerprint density at radius 1 is 1.35 bits per heavy atom. The molecule has 5 heteroatoms. The van der Waals surface area contributed by atoms with E-state index in [4.69, 9.17) is 17.3 Å². The van der Waals surface area contributed by atoms with Gasteiger partial charge in [-0.15, -0.1) is 0 Å². The summed E-state index contributed by atoms with van der Waals surface area (Å²) >= 11 is 6.04. The van der Waals surface area contributed by atoms with Crippen molar-refractivity contribution in [3.8, 4) is 0 Å². The van der Waals surface area contributed by atoms with Crippen molar-refractivity contribution in [3.05, 3.63) is 47.4 Å². The van der Waals surface area contributed by atoms with E-state index in [-0.39, 0.29) is 6.04 Å². The summed E-state index contributed by atoms with van der Waals surface area (Å²) in [7, 11) is 0. The number of nitrogens with one attached hydrogen (secondary N) is 1. The molecule has 88 valence electrons. The smallest absolute Gasteiger partial charge is 0.145 e. The molecule has 0 aliphatic heterocycles. The van der Waals surface area contributed by atoms with Crippen LogP contribution in [0.15, 0.2) is 36.8 Å². The monoisotopic (exact) mass is 248 g/mol. The van der Waals surface area contributed by atoms with Crippen molar-refractivity contribution in [1.29, 1.82) is 0 Å². The first-order valence-corrected chi connectivity index (χ1v) is 5.62. The second-order valence-electron chi connectivity index (χ2n) is 3.75. The number of rotatable bonds is 3. The Bertz CT molecular complexity index is 501. The number of nitrogens with two attached hydrogens (primary N) is 1. The largest absolute Gasteiger partial charge is 0.397 e. The van der Waals surface area contributed by atoms with E-state index in [9.17, 15) is 0 Å². The molecule has 2 aromatic heterocycles. The molecule has 0 spiro atoms. The average Bonchev–Trinajstić information content (AvgIpc) is 2.34. The van der Waals surface area contributed by atoms with E-state index < -0.39 is 0 Å². The number of pyridine rings is 2. The van der Waals surface area contributed by atoms with Gasteiger partial charge in [-0.25, -0.2) is 4.98 Å². The molecule has 0 fully saturated rings. The second kappa shape index (κ2) is 5.01.